The van der Waals surface area contributed by atoms with Gasteiger partial charge in [-0.3, -0.25) is 4.79 Å². The molecule has 1 N–H and O–H groups in total. The van der Waals surface area contributed by atoms with Gasteiger partial charge in [0.2, 0.25) is 0 Å². The van der Waals surface area contributed by atoms with Gasteiger partial charge in [0, 0.05) is 5.56 Å². The van der Waals surface area contributed by atoms with Crippen molar-refractivity contribution in [1.82, 2.24) is 0 Å². The van der Waals surface area contributed by atoms with Crippen molar-refractivity contribution in [2.75, 3.05) is 5.43 Å². The van der Waals surface area contributed by atoms with Crippen molar-refractivity contribution in [2.45, 2.75) is 6.92 Å². The first-order chi connectivity index (χ1) is 9.16. The van der Waals surface area contributed by atoms with E-state index in [2.05, 4.69) is 10.6 Å². The lowest BCUT2D eigenvalue weighted by atomic mass is 10.1. The van der Waals surface area contributed by atoms with Crippen LogP contribution in [-0.2, 0) is 0 Å². The Morgan fingerprint density at radius 1 is 1.16 bits per heavy atom. The molecule has 2 rings (SSSR count). The summed E-state index contributed by atoms with van der Waals surface area (Å²) in [6.45, 7) is 1.49. The molecule has 96 valence electrons. The first kappa shape index (κ1) is 12.8. The number of anilines is 1. The van der Waals surface area contributed by atoms with Crippen LogP contribution in [0.3, 0.4) is 0 Å². The Bertz CT molecular complexity index is 609. The minimum atomic E-state index is -0.0364. The summed E-state index contributed by atoms with van der Waals surface area (Å²) in [7, 11) is 0. The molecular formula is C14H13N3O2. The maximum atomic E-state index is 11.7. The number of para-hydroxylation sites is 1. The van der Waals surface area contributed by atoms with Gasteiger partial charge in [-0.15, -0.1) is 10.3 Å². The molecule has 0 radical (unpaired) electrons. The zero-order valence-electron chi connectivity index (χ0n) is 10.4. The topological polar surface area (TPSA) is 67.5 Å². The summed E-state index contributed by atoms with van der Waals surface area (Å²) >= 11 is 0. The van der Waals surface area contributed by atoms with Crippen molar-refractivity contribution in [3.8, 4) is 0 Å². The Kier molecular flexibility index (Phi) is 3.87. The SMILES string of the molecule is CC(=O)c1cccc(NN=[N+]([O-])c2ccccc2)c1. The summed E-state index contributed by atoms with van der Waals surface area (Å²) in [6.07, 6.45) is 0. The Hall–Kier alpha value is -2.69. The van der Waals surface area contributed by atoms with E-state index in [4.69, 9.17) is 0 Å². The van der Waals surface area contributed by atoms with Gasteiger partial charge in [0.25, 0.3) is 0 Å². The molecule has 0 aliphatic rings. The third kappa shape index (κ3) is 3.38. The van der Waals surface area contributed by atoms with E-state index in [9.17, 15) is 10.0 Å². The van der Waals surface area contributed by atoms with Gasteiger partial charge in [0.1, 0.15) is 5.69 Å². The van der Waals surface area contributed by atoms with Gasteiger partial charge in [-0.1, -0.05) is 30.3 Å². The Balaban J connectivity index is 2.14. The molecule has 2 aromatic carbocycles. The van der Waals surface area contributed by atoms with Crippen LogP contribution in [0.4, 0.5) is 11.4 Å². The van der Waals surface area contributed by atoms with Crippen LogP contribution in [0.1, 0.15) is 17.3 Å². The number of hydrogen-bond acceptors (Lipinski definition) is 3. The van der Waals surface area contributed by atoms with Crippen LogP contribution >= 0.6 is 0 Å². The minimum absolute atomic E-state index is 0.0364. The molecule has 0 aromatic heterocycles. The number of hydrogen-bond donors (Lipinski definition) is 1. The van der Waals surface area contributed by atoms with Crippen molar-refractivity contribution < 1.29 is 9.66 Å². The molecule has 2 aromatic rings. The Labute approximate surface area is 110 Å². The predicted octanol–water partition coefficient (Wildman–Crippen LogP) is 3.51. The Morgan fingerprint density at radius 3 is 2.58 bits per heavy atom. The van der Waals surface area contributed by atoms with E-state index in [0.29, 0.717) is 21.8 Å². The molecule has 0 unspecified atom stereocenters. The molecule has 0 amide bonds. The van der Waals surface area contributed by atoms with Crippen LogP contribution in [0, 0.1) is 5.21 Å². The third-order valence-electron chi connectivity index (χ3n) is 2.52. The highest BCUT2D eigenvalue weighted by Gasteiger charge is 2.03. The third-order valence-corrected chi connectivity index (χ3v) is 2.52. The van der Waals surface area contributed by atoms with Crippen molar-refractivity contribution in [2.24, 2.45) is 5.22 Å². The van der Waals surface area contributed by atoms with E-state index in [1.54, 1.807) is 48.5 Å². The largest absolute Gasteiger partial charge is 0.691 e. The zero-order chi connectivity index (χ0) is 13.7. The maximum Gasteiger partial charge on any atom is 0.159 e. The lowest BCUT2D eigenvalue weighted by Crippen LogP contribution is -1.99. The number of nitrogens with zero attached hydrogens (tertiary/aromatic N) is 2. The molecule has 0 fully saturated rings. The average molecular weight is 255 g/mol. The van der Waals surface area contributed by atoms with Crippen LogP contribution in [-0.4, -0.2) is 10.6 Å². The first-order valence-corrected chi connectivity index (χ1v) is 5.77. The van der Waals surface area contributed by atoms with Gasteiger partial charge in [0.05, 0.1) is 5.22 Å². The normalized spacial score (nSPS) is 11.1. The second-order valence-corrected chi connectivity index (χ2v) is 3.96. The molecule has 0 saturated carbocycles. The maximum absolute atomic E-state index is 11.7. The van der Waals surface area contributed by atoms with Gasteiger partial charge >= 0.3 is 0 Å². The van der Waals surface area contributed by atoms with E-state index >= 15 is 0 Å². The standard InChI is InChI=1S/C14H13N3O2/c1-11(18)12-6-5-7-13(10-12)15-16-17(19)14-8-3-2-4-9-14/h2-10,15H,1H3. The van der Waals surface area contributed by atoms with Gasteiger partial charge < -0.3 is 5.21 Å². The van der Waals surface area contributed by atoms with E-state index in [1.165, 1.54) is 6.92 Å². The lowest BCUT2D eigenvalue weighted by Gasteiger charge is -2.04. The minimum Gasteiger partial charge on any atom is -0.691 e. The summed E-state index contributed by atoms with van der Waals surface area (Å²) in [6, 6.07) is 15.5. The van der Waals surface area contributed by atoms with E-state index < -0.39 is 0 Å². The number of benzene rings is 2. The monoisotopic (exact) mass is 255 g/mol. The molecule has 19 heavy (non-hydrogen) atoms. The highest BCUT2D eigenvalue weighted by molar-refractivity contribution is 5.94. The smallest absolute Gasteiger partial charge is 0.159 e. The summed E-state index contributed by atoms with van der Waals surface area (Å²) in [5.74, 6) is -0.0364. The average Bonchev–Trinajstić information content (AvgIpc) is 2.46. The lowest BCUT2D eigenvalue weighted by molar-refractivity contribution is -0.439. The molecule has 5 heteroatoms. The fourth-order valence-corrected chi connectivity index (χ4v) is 1.52. The van der Waals surface area contributed by atoms with Crippen molar-refractivity contribution >= 4 is 17.2 Å². The second kappa shape index (κ2) is 5.77. The molecule has 5 nitrogen and oxygen atoms in total. The van der Waals surface area contributed by atoms with Crippen LogP contribution in [0.5, 0.6) is 0 Å². The summed E-state index contributed by atoms with van der Waals surface area (Å²) in [5.41, 5.74) is 4.21. The molecule has 0 spiro atoms. The van der Waals surface area contributed by atoms with Gasteiger partial charge in [0.15, 0.2) is 11.5 Å². The fourth-order valence-electron chi connectivity index (χ4n) is 1.52. The van der Waals surface area contributed by atoms with Crippen molar-refractivity contribution in [3.63, 3.8) is 0 Å². The van der Waals surface area contributed by atoms with E-state index in [1.807, 2.05) is 6.07 Å². The summed E-state index contributed by atoms with van der Waals surface area (Å²) in [5, 5.41) is 15.3. The Morgan fingerprint density at radius 2 is 1.89 bits per heavy atom. The van der Waals surface area contributed by atoms with Crippen molar-refractivity contribution in [1.29, 1.82) is 0 Å². The second-order valence-electron chi connectivity index (χ2n) is 3.96. The molecule has 0 heterocycles. The molecule has 0 aliphatic heterocycles. The van der Waals surface area contributed by atoms with Crippen LogP contribution in [0.2, 0.25) is 0 Å². The molecule has 0 atom stereocenters. The van der Waals surface area contributed by atoms with Crippen LogP contribution < -0.4 is 5.43 Å². The van der Waals surface area contributed by atoms with Crippen LogP contribution in [0.15, 0.2) is 59.8 Å². The summed E-state index contributed by atoms with van der Waals surface area (Å²) < 4.78 is 0. The summed E-state index contributed by atoms with van der Waals surface area (Å²) in [4.78, 5) is 11.7. The number of ketones is 1. The zero-order valence-corrected chi connectivity index (χ0v) is 10.4. The van der Waals surface area contributed by atoms with Gasteiger partial charge in [-0.2, -0.15) is 0 Å². The van der Waals surface area contributed by atoms with Crippen LogP contribution in [0.25, 0.3) is 0 Å². The molecular weight excluding hydrogens is 242 g/mol. The number of rotatable bonds is 4. The van der Waals surface area contributed by atoms with E-state index in [-0.39, 0.29) is 5.78 Å². The van der Waals surface area contributed by atoms with Gasteiger partial charge in [-0.25, -0.2) is 0 Å². The number of carbonyl (C=O) groups is 1. The highest BCUT2D eigenvalue weighted by Crippen LogP contribution is 2.13. The van der Waals surface area contributed by atoms with E-state index in [0.717, 1.165) is 0 Å². The van der Waals surface area contributed by atoms with Gasteiger partial charge in [-0.05, 0) is 31.2 Å². The fraction of sp³-hybridized carbons (Fsp3) is 0.0714. The van der Waals surface area contributed by atoms with Crippen molar-refractivity contribution in [3.05, 3.63) is 65.4 Å². The number of nitrogens with one attached hydrogen (secondary N) is 1. The first-order valence-electron chi connectivity index (χ1n) is 5.77. The number of carbonyl (C=O) groups excluding carboxylic acids is 1. The molecule has 0 saturated heterocycles. The number of Topliss-reactive ketones (excluding diaryl/α,β-unsaturated/α-hetero) is 1. The highest BCUT2D eigenvalue weighted by atomic mass is 16.5. The quantitative estimate of drug-likeness (QED) is 0.393. The molecule has 0 aliphatic carbocycles. The molecule has 0 bridgehead atoms. The predicted molar refractivity (Wildman–Crippen MR) is 72.2 cm³/mol.